The molecule has 0 saturated carbocycles. The molecule has 0 bridgehead atoms. The molecule has 4 nitrogen and oxygen atoms in total. The van der Waals surface area contributed by atoms with Crippen LogP contribution in [0.4, 0.5) is 0 Å². The van der Waals surface area contributed by atoms with E-state index in [1.54, 1.807) is 18.2 Å². The summed E-state index contributed by atoms with van der Waals surface area (Å²) in [5, 5.41) is 3.68. The molecule has 3 rings (SSSR count). The first-order valence-electron chi connectivity index (χ1n) is 6.74. The molecule has 1 amide bonds. The first kappa shape index (κ1) is 15.0. The molecule has 1 N–H and O–H groups in total. The maximum absolute atomic E-state index is 12.1. The molecule has 1 aliphatic rings. The normalized spacial score (nSPS) is 12.8. The zero-order valence-corrected chi connectivity index (χ0v) is 13.1. The minimum absolute atomic E-state index is 0.237. The van der Waals surface area contributed by atoms with Gasteiger partial charge in [0.15, 0.2) is 11.5 Å². The van der Waals surface area contributed by atoms with Gasteiger partial charge in [-0.05, 0) is 35.9 Å². The van der Waals surface area contributed by atoms with Gasteiger partial charge in [-0.3, -0.25) is 4.79 Å². The van der Waals surface area contributed by atoms with E-state index in [0.717, 1.165) is 11.3 Å². The van der Waals surface area contributed by atoms with Crippen LogP contribution < -0.4 is 14.8 Å². The highest BCUT2D eigenvalue weighted by atomic mass is 35.5. The molecule has 2 aromatic carbocycles. The zero-order valence-electron chi connectivity index (χ0n) is 11.6. The van der Waals surface area contributed by atoms with Crippen molar-refractivity contribution in [3.05, 3.63) is 57.6 Å². The molecular weight excluding hydrogens is 325 g/mol. The van der Waals surface area contributed by atoms with Gasteiger partial charge in [0.25, 0.3) is 5.91 Å². The van der Waals surface area contributed by atoms with Gasteiger partial charge < -0.3 is 14.8 Å². The summed E-state index contributed by atoms with van der Waals surface area (Å²) in [5.74, 6) is 1.19. The average molecular weight is 338 g/mol. The van der Waals surface area contributed by atoms with Crippen LogP contribution in [0.15, 0.2) is 36.4 Å². The lowest BCUT2D eigenvalue weighted by molar-refractivity contribution is 0.0951. The van der Waals surface area contributed by atoms with Crippen LogP contribution in [0.25, 0.3) is 0 Å². The molecule has 0 atom stereocenters. The van der Waals surface area contributed by atoms with Crippen molar-refractivity contribution in [2.75, 3.05) is 13.2 Å². The number of carbonyl (C=O) groups excluding carboxylic acids is 1. The molecule has 1 heterocycles. The molecule has 0 radical (unpaired) electrons. The molecule has 1 aliphatic heterocycles. The van der Waals surface area contributed by atoms with E-state index >= 15 is 0 Å². The number of fused-ring (bicyclic) bond motifs is 1. The second kappa shape index (κ2) is 6.46. The number of halogens is 2. The Morgan fingerprint density at radius 1 is 1.00 bits per heavy atom. The Kier molecular flexibility index (Phi) is 4.41. The predicted octanol–water partition coefficient (Wildman–Crippen LogP) is 3.69. The van der Waals surface area contributed by atoms with Crippen LogP contribution in [0.2, 0.25) is 10.0 Å². The van der Waals surface area contributed by atoms with Crippen molar-refractivity contribution in [3.63, 3.8) is 0 Å². The van der Waals surface area contributed by atoms with Crippen LogP contribution in [0.3, 0.4) is 0 Å². The Bertz CT molecular complexity index is 698. The molecule has 0 saturated heterocycles. The monoisotopic (exact) mass is 337 g/mol. The summed E-state index contributed by atoms with van der Waals surface area (Å²) in [5.41, 5.74) is 1.35. The number of rotatable bonds is 3. The minimum Gasteiger partial charge on any atom is -0.486 e. The molecule has 6 heteroatoms. The summed E-state index contributed by atoms with van der Waals surface area (Å²) >= 11 is 11.8. The summed E-state index contributed by atoms with van der Waals surface area (Å²) in [4.78, 5) is 12.1. The van der Waals surface area contributed by atoms with Crippen molar-refractivity contribution in [2.45, 2.75) is 6.54 Å². The second-order valence-electron chi connectivity index (χ2n) is 4.82. The average Bonchev–Trinajstić information content (AvgIpc) is 2.51. The number of carbonyl (C=O) groups is 1. The lowest BCUT2D eigenvalue weighted by atomic mass is 10.1. The van der Waals surface area contributed by atoms with Crippen LogP contribution >= 0.6 is 23.2 Å². The van der Waals surface area contributed by atoms with E-state index in [1.165, 1.54) is 0 Å². The predicted molar refractivity (Wildman–Crippen MR) is 85.1 cm³/mol. The molecule has 2 aromatic rings. The van der Waals surface area contributed by atoms with Crippen molar-refractivity contribution >= 4 is 29.1 Å². The lowest BCUT2D eigenvalue weighted by Crippen LogP contribution is -2.23. The van der Waals surface area contributed by atoms with E-state index in [0.29, 0.717) is 41.1 Å². The van der Waals surface area contributed by atoms with Gasteiger partial charge in [-0.1, -0.05) is 29.3 Å². The van der Waals surface area contributed by atoms with E-state index in [-0.39, 0.29) is 5.91 Å². The van der Waals surface area contributed by atoms with Gasteiger partial charge in [-0.2, -0.15) is 0 Å². The third-order valence-electron chi connectivity index (χ3n) is 3.18. The Hall–Kier alpha value is -1.91. The fourth-order valence-electron chi connectivity index (χ4n) is 2.17. The van der Waals surface area contributed by atoms with Gasteiger partial charge in [-0.15, -0.1) is 0 Å². The van der Waals surface area contributed by atoms with E-state index in [4.69, 9.17) is 32.7 Å². The van der Waals surface area contributed by atoms with Gasteiger partial charge in [0.1, 0.15) is 13.2 Å². The maximum Gasteiger partial charge on any atom is 0.251 e. The smallest absolute Gasteiger partial charge is 0.251 e. The van der Waals surface area contributed by atoms with Gasteiger partial charge in [0.05, 0.1) is 0 Å². The first-order chi connectivity index (χ1) is 10.6. The summed E-state index contributed by atoms with van der Waals surface area (Å²) in [7, 11) is 0. The molecule has 0 unspecified atom stereocenters. The molecule has 0 fully saturated rings. The standard InChI is InChI=1S/C16H13Cl2NO3/c17-12-6-11(7-13(18)8-12)16(20)19-9-10-1-2-14-15(5-10)22-4-3-21-14/h1-2,5-8H,3-4,9H2,(H,19,20). The van der Waals surface area contributed by atoms with E-state index in [9.17, 15) is 4.79 Å². The molecule has 0 aliphatic carbocycles. The molecule has 22 heavy (non-hydrogen) atoms. The van der Waals surface area contributed by atoms with Crippen LogP contribution in [0.5, 0.6) is 11.5 Å². The van der Waals surface area contributed by atoms with Crippen molar-refractivity contribution in [3.8, 4) is 11.5 Å². The van der Waals surface area contributed by atoms with Gasteiger partial charge in [0, 0.05) is 22.2 Å². The zero-order chi connectivity index (χ0) is 15.5. The van der Waals surface area contributed by atoms with Gasteiger partial charge >= 0.3 is 0 Å². The number of hydrogen-bond donors (Lipinski definition) is 1. The highest BCUT2D eigenvalue weighted by molar-refractivity contribution is 6.35. The molecule has 0 spiro atoms. The van der Waals surface area contributed by atoms with E-state index < -0.39 is 0 Å². The summed E-state index contributed by atoms with van der Waals surface area (Å²) in [6, 6.07) is 10.3. The SMILES string of the molecule is O=C(NCc1ccc2c(c1)OCCO2)c1cc(Cl)cc(Cl)c1. The van der Waals surface area contributed by atoms with Crippen LogP contribution in [-0.4, -0.2) is 19.1 Å². The minimum atomic E-state index is -0.237. The van der Waals surface area contributed by atoms with Crippen molar-refractivity contribution in [1.82, 2.24) is 5.32 Å². The summed E-state index contributed by atoms with van der Waals surface area (Å²) in [6.45, 7) is 1.46. The van der Waals surface area contributed by atoms with Gasteiger partial charge in [-0.25, -0.2) is 0 Å². The highest BCUT2D eigenvalue weighted by Gasteiger charge is 2.12. The Morgan fingerprint density at radius 3 is 2.41 bits per heavy atom. The number of benzene rings is 2. The fraction of sp³-hybridized carbons (Fsp3) is 0.188. The first-order valence-corrected chi connectivity index (χ1v) is 7.50. The Morgan fingerprint density at radius 2 is 1.68 bits per heavy atom. The molecule has 0 aromatic heterocycles. The second-order valence-corrected chi connectivity index (χ2v) is 5.69. The third kappa shape index (κ3) is 3.46. The van der Waals surface area contributed by atoms with Crippen LogP contribution in [0.1, 0.15) is 15.9 Å². The lowest BCUT2D eigenvalue weighted by Gasteiger charge is -2.19. The molecule has 114 valence electrons. The number of nitrogens with one attached hydrogen (secondary N) is 1. The van der Waals surface area contributed by atoms with Crippen LogP contribution in [-0.2, 0) is 6.54 Å². The van der Waals surface area contributed by atoms with Crippen LogP contribution in [0, 0.1) is 0 Å². The largest absolute Gasteiger partial charge is 0.486 e. The van der Waals surface area contributed by atoms with Crippen molar-refractivity contribution < 1.29 is 14.3 Å². The van der Waals surface area contributed by atoms with Crippen molar-refractivity contribution in [1.29, 1.82) is 0 Å². The summed E-state index contributed by atoms with van der Waals surface area (Å²) in [6.07, 6.45) is 0. The van der Waals surface area contributed by atoms with E-state index in [2.05, 4.69) is 5.32 Å². The fourth-order valence-corrected chi connectivity index (χ4v) is 2.69. The Balaban J connectivity index is 1.68. The molecular formula is C16H13Cl2NO3. The van der Waals surface area contributed by atoms with Gasteiger partial charge in [0.2, 0.25) is 0 Å². The third-order valence-corrected chi connectivity index (χ3v) is 3.62. The quantitative estimate of drug-likeness (QED) is 0.928. The summed E-state index contributed by atoms with van der Waals surface area (Å²) < 4.78 is 11.0. The van der Waals surface area contributed by atoms with E-state index in [1.807, 2.05) is 18.2 Å². The highest BCUT2D eigenvalue weighted by Crippen LogP contribution is 2.30. The topological polar surface area (TPSA) is 47.6 Å². The van der Waals surface area contributed by atoms with Crippen molar-refractivity contribution in [2.24, 2.45) is 0 Å². The number of ether oxygens (including phenoxy) is 2. The maximum atomic E-state index is 12.1. The number of amides is 1. The number of hydrogen-bond acceptors (Lipinski definition) is 3. The Labute approximate surface area is 137 Å².